The number of halogens is 1. The molecule has 1 aromatic carbocycles. The molecule has 0 aliphatic rings. The minimum atomic E-state index is -0.415. The molecule has 1 aromatic rings. The van der Waals surface area contributed by atoms with Gasteiger partial charge in [-0.3, -0.25) is 4.79 Å². The third-order valence-electron chi connectivity index (χ3n) is 1.66. The first-order valence-corrected chi connectivity index (χ1v) is 4.00. The maximum absolute atomic E-state index is 13.0. The van der Waals surface area contributed by atoms with Gasteiger partial charge in [-0.15, -0.1) is 0 Å². The second-order valence-corrected chi connectivity index (χ2v) is 2.70. The SMILES string of the molecule is [N-]=[N+]=NCC(=O)Cc1ccccc1F. The maximum Gasteiger partial charge on any atom is 0.143 e. The van der Waals surface area contributed by atoms with E-state index in [0.29, 0.717) is 5.56 Å². The highest BCUT2D eigenvalue weighted by Crippen LogP contribution is 2.07. The minimum absolute atomic E-state index is 0.0360. The van der Waals surface area contributed by atoms with Crippen LogP contribution in [0.4, 0.5) is 4.39 Å². The van der Waals surface area contributed by atoms with E-state index < -0.39 is 5.82 Å². The highest BCUT2D eigenvalue weighted by atomic mass is 19.1. The topological polar surface area (TPSA) is 65.8 Å². The van der Waals surface area contributed by atoms with Gasteiger partial charge >= 0.3 is 0 Å². The number of azide groups is 1. The molecule has 72 valence electrons. The molecule has 0 amide bonds. The van der Waals surface area contributed by atoms with Crippen LogP contribution in [-0.4, -0.2) is 12.3 Å². The molecule has 0 aromatic heterocycles. The molecule has 0 unspecified atom stereocenters. The maximum atomic E-state index is 13.0. The monoisotopic (exact) mass is 193 g/mol. The first-order valence-electron chi connectivity index (χ1n) is 4.00. The van der Waals surface area contributed by atoms with Crippen LogP contribution in [0.5, 0.6) is 0 Å². The zero-order valence-corrected chi connectivity index (χ0v) is 7.35. The molecular formula is C9H8FN3O. The number of rotatable bonds is 4. The number of carbonyl (C=O) groups is 1. The summed E-state index contributed by atoms with van der Waals surface area (Å²) < 4.78 is 13.0. The van der Waals surface area contributed by atoms with Gasteiger partial charge in [0.1, 0.15) is 11.6 Å². The number of Topliss-reactive ketones (excluding diaryl/α,β-unsaturated/α-hetero) is 1. The predicted molar refractivity (Wildman–Crippen MR) is 49.1 cm³/mol. The molecule has 5 heteroatoms. The highest BCUT2D eigenvalue weighted by Gasteiger charge is 2.05. The lowest BCUT2D eigenvalue weighted by atomic mass is 10.1. The Balaban J connectivity index is 2.65. The molecule has 0 fully saturated rings. The molecular weight excluding hydrogens is 185 g/mol. The Kier molecular flexibility index (Phi) is 3.64. The van der Waals surface area contributed by atoms with Crippen molar-refractivity contribution >= 4 is 5.78 Å². The van der Waals surface area contributed by atoms with Crippen molar-refractivity contribution < 1.29 is 9.18 Å². The molecule has 0 aliphatic carbocycles. The second-order valence-electron chi connectivity index (χ2n) is 2.70. The van der Waals surface area contributed by atoms with Crippen molar-refractivity contribution in [2.75, 3.05) is 6.54 Å². The lowest BCUT2D eigenvalue weighted by Crippen LogP contribution is -2.07. The second kappa shape index (κ2) is 4.99. The summed E-state index contributed by atoms with van der Waals surface area (Å²) in [6.07, 6.45) is -0.0360. The van der Waals surface area contributed by atoms with Crippen molar-refractivity contribution in [2.45, 2.75) is 6.42 Å². The van der Waals surface area contributed by atoms with Gasteiger partial charge in [0.05, 0.1) is 6.54 Å². The molecule has 0 saturated carbocycles. The largest absolute Gasteiger partial charge is 0.299 e. The van der Waals surface area contributed by atoms with Gasteiger partial charge in [0, 0.05) is 11.3 Å². The van der Waals surface area contributed by atoms with Crippen LogP contribution in [0.2, 0.25) is 0 Å². The third-order valence-corrected chi connectivity index (χ3v) is 1.66. The smallest absolute Gasteiger partial charge is 0.143 e. The molecule has 0 bridgehead atoms. The average Bonchev–Trinajstić information content (AvgIpc) is 2.18. The lowest BCUT2D eigenvalue weighted by molar-refractivity contribution is -0.117. The van der Waals surface area contributed by atoms with Gasteiger partial charge < -0.3 is 0 Å². The Hall–Kier alpha value is -1.87. The summed E-state index contributed by atoms with van der Waals surface area (Å²) >= 11 is 0. The first-order chi connectivity index (χ1) is 6.74. The Morgan fingerprint density at radius 1 is 1.50 bits per heavy atom. The van der Waals surface area contributed by atoms with Gasteiger partial charge in [-0.1, -0.05) is 23.3 Å². The van der Waals surface area contributed by atoms with E-state index >= 15 is 0 Å². The van der Waals surface area contributed by atoms with E-state index in [1.807, 2.05) is 0 Å². The van der Waals surface area contributed by atoms with E-state index in [9.17, 15) is 9.18 Å². The Morgan fingerprint density at radius 3 is 2.86 bits per heavy atom. The standard InChI is InChI=1S/C9H8FN3O/c10-9-4-2-1-3-7(9)5-8(14)6-12-13-11/h1-4H,5-6H2. The predicted octanol–water partition coefficient (Wildman–Crippen LogP) is 2.25. The van der Waals surface area contributed by atoms with Crippen LogP contribution in [0.1, 0.15) is 5.56 Å². The van der Waals surface area contributed by atoms with E-state index in [4.69, 9.17) is 5.53 Å². The Morgan fingerprint density at radius 2 is 2.21 bits per heavy atom. The Bertz CT molecular complexity index is 385. The third kappa shape index (κ3) is 2.88. The van der Waals surface area contributed by atoms with Crippen molar-refractivity contribution in [3.05, 3.63) is 46.1 Å². The first kappa shape index (κ1) is 10.2. The number of ketones is 1. The van der Waals surface area contributed by atoms with Gasteiger partial charge in [0.25, 0.3) is 0 Å². The van der Waals surface area contributed by atoms with Gasteiger partial charge in [0.15, 0.2) is 0 Å². The van der Waals surface area contributed by atoms with Crippen molar-refractivity contribution in [3.8, 4) is 0 Å². The molecule has 0 heterocycles. The van der Waals surface area contributed by atoms with E-state index in [1.54, 1.807) is 12.1 Å². The quantitative estimate of drug-likeness (QED) is 0.410. The van der Waals surface area contributed by atoms with Crippen molar-refractivity contribution in [1.29, 1.82) is 0 Å². The van der Waals surface area contributed by atoms with Crippen molar-refractivity contribution in [2.24, 2.45) is 5.11 Å². The van der Waals surface area contributed by atoms with Crippen LogP contribution < -0.4 is 0 Å². The number of carbonyl (C=O) groups excluding carboxylic acids is 1. The summed E-state index contributed by atoms with van der Waals surface area (Å²) in [5.74, 6) is -0.713. The highest BCUT2D eigenvalue weighted by molar-refractivity contribution is 5.82. The number of benzene rings is 1. The molecule has 0 N–H and O–H groups in total. The van der Waals surface area contributed by atoms with Crippen LogP contribution in [0.25, 0.3) is 10.4 Å². The minimum Gasteiger partial charge on any atom is -0.299 e. The lowest BCUT2D eigenvalue weighted by Gasteiger charge is -1.99. The molecule has 1 rings (SSSR count). The van der Waals surface area contributed by atoms with Crippen LogP contribution >= 0.6 is 0 Å². The van der Waals surface area contributed by atoms with Crippen LogP contribution in [0, 0.1) is 5.82 Å². The van der Waals surface area contributed by atoms with Crippen LogP contribution in [-0.2, 0) is 11.2 Å². The van der Waals surface area contributed by atoms with Crippen LogP contribution in [0.3, 0.4) is 0 Å². The molecule has 0 atom stereocenters. The summed E-state index contributed by atoms with van der Waals surface area (Å²) in [5, 5.41) is 3.11. The van der Waals surface area contributed by atoms with Gasteiger partial charge in [-0.05, 0) is 17.2 Å². The van der Waals surface area contributed by atoms with Gasteiger partial charge in [-0.25, -0.2) is 4.39 Å². The average molecular weight is 193 g/mol. The van der Waals surface area contributed by atoms with E-state index in [-0.39, 0.29) is 18.7 Å². The zero-order chi connectivity index (χ0) is 10.4. The normalized spacial score (nSPS) is 9.21. The molecule has 0 saturated heterocycles. The van der Waals surface area contributed by atoms with Gasteiger partial charge in [-0.2, -0.15) is 0 Å². The molecule has 0 radical (unpaired) electrons. The van der Waals surface area contributed by atoms with Crippen LogP contribution in [0.15, 0.2) is 29.4 Å². The molecule has 14 heavy (non-hydrogen) atoms. The fraction of sp³-hybridized carbons (Fsp3) is 0.222. The fourth-order valence-electron chi connectivity index (χ4n) is 1.02. The van der Waals surface area contributed by atoms with E-state index in [0.717, 1.165) is 0 Å². The zero-order valence-electron chi connectivity index (χ0n) is 7.35. The number of nitrogens with zero attached hydrogens (tertiary/aromatic N) is 3. The summed E-state index contributed by atoms with van der Waals surface area (Å²) in [7, 11) is 0. The summed E-state index contributed by atoms with van der Waals surface area (Å²) in [4.78, 5) is 13.5. The number of hydrogen-bond acceptors (Lipinski definition) is 2. The Labute approximate surface area is 80.0 Å². The van der Waals surface area contributed by atoms with E-state index in [2.05, 4.69) is 10.0 Å². The number of hydrogen-bond donors (Lipinski definition) is 0. The summed E-state index contributed by atoms with van der Waals surface area (Å²) in [6.45, 7) is -0.231. The molecule has 4 nitrogen and oxygen atoms in total. The molecule has 0 spiro atoms. The van der Waals surface area contributed by atoms with Crippen molar-refractivity contribution in [3.63, 3.8) is 0 Å². The van der Waals surface area contributed by atoms with Crippen molar-refractivity contribution in [1.82, 2.24) is 0 Å². The van der Waals surface area contributed by atoms with E-state index in [1.165, 1.54) is 12.1 Å². The van der Waals surface area contributed by atoms with Gasteiger partial charge in [0.2, 0.25) is 0 Å². The fourth-order valence-corrected chi connectivity index (χ4v) is 1.02. The summed E-state index contributed by atoms with van der Waals surface area (Å²) in [6, 6.07) is 6.02. The summed E-state index contributed by atoms with van der Waals surface area (Å²) in [5.41, 5.74) is 8.29. The molecule has 0 aliphatic heterocycles.